The van der Waals surface area contributed by atoms with E-state index in [1.807, 2.05) is 6.07 Å². The van der Waals surface area contributed by atoms with Crippen LogP contribution in [-0.4, -0.2) is 58.4 Å². The van der Waals surface area contributed by atoms with Crippen molar-refractivity contribution in [2.24, 2.45) is 0 Å². The summed E-state index contributed by atoms with van der Waals surface area (Å²) in [6, 6.07) is 6.28. The van der Waals surface area contributed by atoms with Gasteiger partial charge in [0, 0.05) is 19.1 Å². The lowest BCUT2D eigenvalue weighted by Gasteiger charge is -2.33. The molecule has 1 aromatic heterocycles. The number of nitriles is 1. The van der Waals surface area contributed by atoms with E-state index in [1.54, 1.807) is 17.0 Å². The highest BCUT2D eigenvalue weighted by atomic mass is 19.1. The molecule has 0 unspecified atom stereocenters. The average molecular weight is 398 g/mol. The first-order valence-corrected chi connectivity index (χ1v) is 9.26. The number of hydrogen-bond donors (Lipinski definition) is 2. The summed E-state index contributed by atoms with van der Waals surface area (Å²) in [5, 5.41) is 21.3. The maximum absolute atomic E-state index is 14.5. The fraction of sp³-hybridized carbons (Fsp3) is 0.368. The highest BCUT2D eigenvalue weighted by Gasteiger charge is 2.29. The number of ether oxygens (including phenoxy) is 1. The van der Waals surface area contributed by atoms with Crippen molar-refractivity contribution in [3.05, 3.63) is 35.9 Å². The fourth-order valence-electron chi connectivity index (χ4n) is 3.58. The van der Waals surface area contributed by atoms with E-state index in [2.05, 4.69) is 15.3 Å². The molecule has 2 aliphatic heterocycles. The monoisotopic (exact) mass is 398 g/mol. The number of hydrogen-bond acceptors (Lipinski definition) is 7. The van der Waals surface area contributed by atoms with E-state index in [1.165, 1.54) is 17.3 Å². The molecule has 3 heterocycles. The van der Waals surface area contributed by atoms with Gasteiger partial charge >= 0.3 is 6.09 Å². The maximum Gasteiger partial charge on any atom is 0.407 e. The third-order valence-electron chi connectivity index (χ3n) is 5.08. The molecule has 0 bridgehead atoms. The van der Waals surface area contributed by atoms with Crippen molar-refractivity contribution in [1.29, 1.82) is 5.26 Å². The van der Waals surface area contributed by atoms with Crippen LogP contribution in [0.1, 0.15) is 18.4 Å². The molecule has 2 N–H and O–H groups in total. The Morgan fingerprint density at radius 3 is 2.79 bits per heavy atom. The number of halogens is 1. The van der Waals surface area contributed by atoms with Gasteiger partial charge < -0.3 is 25.0 Å². The molecular weight excluding hydrogens is 379 g/mol. The minimum absolute atomic E-state index is 0.0511. The van der Waals surface area contributed by atoms with Gasteiger partial charge in [0.05, 0.1) is 23.9 Å². The number of fused-ring (bicyclic) bond motifs is 1. The van der Waals surface area contributed by atoms with Crippen molar-refractivity contribution < 1.29 is 19.0 Å². The predicted octanol–water partition coefficient (Wildman–Crippen LogP) is 2.57. The van der Waals surface area contributed by atoms with Gasteiger partial charge in [-0.3, -0.25) is 0 Å². The Balaban J connectivity index is 1.57. The molecule has 0 spiro atoms. The molecule has 0 atom stereocenters. The number of rotatable bonds is 3. The molecular formula is C19H19FN6O3. The Morgan fingerprint density at radius 1 is 1.31 bits per heavy atom. The van der Waals surface area contributed by atoms with Crippen LogP contribution in [0.15, 0.2) is 24.5 Å². The molecule has 2 aliphatic rings. The summed E-state index contributed by atoms with van der Waals surface area (Å²) < 4.78 is 20.3. The molecule has 1 fully saturated rings. The Kier molecular flexibility index (Phi) is 5.03. The zero-order chi connectivity index (χ0) is 20.4. The molecule has 150 valence electrons. The van der Waals surface area contributed by atoms with Crippen LogP contribution in [0.5, 0.6) is 5.75 Å². The Morgan fingerprint density at radius 2 is 2.10 bits per heavy atom. The van der Waals surface area contributed by atoms with Gasteiger partial charge in [0.2, 0.25) is 5.75 Å². The summed E-state index contributed by atoms with van der Waals surface area (Å²) in [5.41, 5.74) is 0.561. The van der Waals surface area contributed by atoms with Gasteiger partial charge in [0.15, 0.2) is 11.6 Å². The maximum atomic E-state index is 14.5. The van der Waals surface area contributed by atoms with Gasteiger partial charge in [-0.15, -0.1) is 0 Å². The summed E-state index contributed by atoms with van der Waals surface area (Å²) in [6.07, 6.45) is 1.78. The number of amides is 1. The van der Waals surface area contributed by atoms with E-state index >= 15 is 0 Å². The van der Waals surface area contributed by atoms with E-state index in [0.717, 1.165) is 0 Å². The van der Waals surface area contributed by atoms with E-state index < -0.39 is 11.9 Å². The first-order chi connectivity index (χ1) is 14.1. The lowest BCUT2D eigenvalue weighted by molar-refractivity contribution is 0.133. The molecule has 2 aromatic rings. The fourth-order valence-corrected chi connectivity index (χ4v) is 3.58. The number of benzene rings is 1. The van der Waals surface area contributed by atoms with Crippen molar-refractivity contribution >= 4 is 23.4 Å². The number of piperidine rings is 1. The largest absolute Gasteiger partial charge is 0.485 e. The predicted molar refractivity (Wildman–Crippen MR) is 102 cm³/mol. The summed E-state index contributed by atoms with van der Waals surface area (Å²) >= 11 is 0. The molecule has 4 rings (SSSR count). The summed E-state index contributed by atoms with van der Waals surface area (Å²) in [5.74, 6) is 0.872. The van der Waals surface area contributed by atoms with E-state index in [0.29, 0.717) is 62.2 Å². The molecule has 10 heteroatoms. The topological polar surface area (TPSA) is 115 Å². The third-order valence-corrected chi connectivity index (χ3v) is 5.08. The van der Waals surface area contributed by atoms with Crippen molar-refractivity contribution in [2.75, 3.05) is 36.5 Å². The molecule has 1 saturated heterocycles. The van der Waals surface area contributed by atoms with E-state index in [-0.39, 0.29) is 11.6 Å². The van der Waals surface area contributed by atoms with Gasteiger partial charge in [-0.2, -0.15) is 5.26 Å². The van der Waals surface area contributed by atoms with Crippen LogP contribution in [0.4, 0.5) is 26.5 Å². The number of anilines is 3. The summed E-state index contributed by atoms with van der Waals surface area (Å²) in [7, 11) is 0. The Hall–Kier alpha value is -3.61. The molecule has 0 aliphatic carbocycles. The molecule has 1 aromatic carbocycles. The second-order valence-electron chi connectivity index (χ2n) is 6.84. The SMILES string of the molecule is N#Cc1ccc(N2CCOc3c(NC4CCN(C(=O)O)CC4)ncnc32)c(F)c1. The molecule has 9 nitrogen and oxygen atoms in total. The first-order valence-electron chi connectivity index (χ1n) is 9.26. The lowest BCUT2D eigenvalue weighted by atomic mass is 10.1. The van der Waals surface area contributed by atoms with Crippen molar-refractivity contribution in [3.63, 3.8) is 0 Å². The zero-order valence-corrected chi connectivity index (χ0v) is 15.5. The average Bonchev–Trinajstić information content (AvgIpc) is 2.74. The van der Waals surface area contributed by atoms with E-state index in [9.17, 15) is 9.18 Å². The van der Waals surface area contributed by atoms with Crippen LogP contribution in [0.3, 0.4) is 0 Å². The van der Waals surface area contributed by atoms with Gasteiger partial charge in [0.25, 0.3) is 0 Å². The molecule has 29 heavy (non-hydrogen) atoms. The number of aromatic nitrogens is 2. The third kappa shape index (κ3) is 3.71. The minimum Gasteiger partial charge on any atom is -0.485 e. The summed E-state index contributed by atoms with van der Waals surface area (Å²) in [4.78, 5) is 22.7. The standard InChI is InChI=1S/C19H19FN6O3/c20-14-9-12(10-21)1-2-15(14)26-7-8-29-16-17(22-11-23-18(16)26)24-13-3-5-25(6-4-13)19(27)28/h1-2,9,11,13H,3-8H2,(H,27,28)(H,22,23,24). The van der Waals surface area contributed by atoms with Gasteiger partial charge in [-0.05, 0) is 31.0 Å². The molecule has 1 amide bonds. The van der Waals surface area contributed by atoms with Crippen LogP contribution in [0.2, 0.25) is 0 Å². The van der Waals surface area contributed by atoms with Crippen LogP contribution >= 0.6 is 0 Å². The number of carbonyl (C=O) groups is 1. The quantitative estimate of drug-likeness (QED) is 0.811. The zero-order valence-electron chi connectivity index (χ0n) is 15.5. The number of carboxylic acid groups (broad SMARTS) is 1. The van der Waals surface area contributed by atoms with E-state index in [4.69, 9.17) is 15.1 Å². The molecule has 0 saturated carbocycles. The van der Waals surface area contributed by atoms with Gasteiger partial charge in [-0.25, -0.2) is 19.2 Å². The highest BCUT2D eigenvalue weighted by Crippen LogP contribution is 2.40. The van der Waals surface area contributed by atoms with Crippen LogP contribution in [0.25, 0.3) is 0 Å². The van der Waals surface area contributed by atoms with Crippen molar-refractivity contribution in [3.8, 4) is 11.8 Å². The number of nitrogens with one attached hydrogen (secondary N) is 1. The smallest absolute Gasteiger partial charge is 0.407 e. The lowest BCUT2D eigenvalue weighted by Crippen LogP contribution is -2.42. The van der Waals surface area contributed by atoms with Gasteiger partial charge in [-0.1, -0.05) is 0 Å². The van der Waals surface area contributed by atoms with Crippen LogP contribution in [0, 0.1) is 17.1 Å². The second-order valence-corrected chi connectivity index (χ2v) is 6.84. The van der Waals surface area contributed by atoms with Crippen LogP contribution < -0.4 is 15.0 Å². The highest BCUT2D eigenvalue weighted by molar-refractivity contribution is 5.73. The first kappa shape index (κ1) is 18.7. The number of nitrogens with zero attached hydrogens (tertiary/aromatic N) is 5. The number of likely N-dealkylation sites (tertiary alicyclic amines) is 1. The van der Waals surface area contributed by atoms with Crippen LogP contribution in [-0.2, 0) is 0 Å². The Labute approximate surface area is 166 Å². The van der Waals surface area contributed by atoms with Crippen molar-refractivity contribution in [2.45, 2.75) is 18.9 Å². The second kappa shape index (κ2) is 7.79. The van der Waals surface area contributed by atoms with Gasteiger partial charge in [0.1, 0.15) is 18.8 Å². The minimum atomic E-state index is -0.911. The van der Waals surface area contributed by atoms with Crippen molar-refractivity contribution in [1.82, 2.24) is 14.9 Å². The Bertz CT molecular complexity index is 971. The normalized spacial score (nSPS) is 16.6. The summed E-state index contributed by atoms with van der Waals surface area (Å²) in [6.45, 7) is 1.63. The molecule has 0 radical (unpaired) electrons.